The van der Waals surface area contributed by atoms with Crippen LogP contribution in [0, 0.1) is 13.8 Å². The highest BCUT2D eigenvalue weighted by atomic mass is 16.2. The minimum Gasteiger partial charge on any atom is -0.320 e. The van der Waals surface area contributed by atoms with E-state index in [2.05, 4.69) is 51.2 Å². The second-order valence-corrected chi connectivity index (χ2v) is 7.51. The zero-order chi connectivity index (χ0) is 17.6. The van der Waals surface area contributed by atoms with E-state index < -0.39 is 0 Å². The third-order valence-corrected chi connectivity index (χ3v) is 5.63. The van der Waals surface area contributed by atoms with Crippen LogP contribution in [0.5, 0.6) is 0 Å². The van der Waals surface area contributed by atoms with Gasteiger partial charge in [-0.1, -0.05) is 32.0 Å². The number of likely N-dealkylation sites (tertiary alicyclic amines) is 1. The number of rotatable bonds is 7. The number of para-hydroxylation sites is 1. The van der Waals surface area contributed by atoms with E-state index in [-0.39, 0.29) is 11.9 Å². The van der Waals surface area contributed by atoms with Crippen LogP contribution in [0.3, 0.4) is 0 Å². The lowest BCUT2D eigenvalue weighted by Gasteiger charge is -2.46. The van der Waals surface area contributed by atoms with Gasteiger partial charge in [0.1, 0.15) is 0 Å². The van der Waals surface area contributed by atoms with E-state index in [4.69, 9.17) is 0 Å². The lowest BCUT2D eigenvalue weighted by molar-refractivity contribution is -0.947. The number of aryl methyl sites for hydroxylation is 2. The fourth-order valence-corrected chi connectivity index (χ4v) is 4.42. The standard InChI is InChI=1S/C21H34N2O/c1-5-11-19(23(14-6-2)15-8-7-9-16-23)21(24)22-20-17(3)12-10-13-18(20)4/h10,12-13,19H,5-9,11,14-16H2,1-4H3/p+1/t19-/m0/s1. The second-order valence-electron chi connectivity index (χ2n) is 7.51. The summed E-state index contributed by atoms with van der Waals surface area (Å²) in [6.07, 6.45) is 7.04. The van der Waals surface area contributed by atoms with Crippen molar-refractivity contribution in [2.75, 3.05) is 25.0 Å². The summed E-state index contributed by atoms with van der Waals surface area (Å²) in [5.41, 5.74) is 3.31. The van der Waals surface area contributed by atoms with Crippen molar-refractivity contribution in [1.82, 2.24) is 0 Å². The Bertz CT molecular complexity index is 521. The Morgan fingerprint density at radius 1 is 1.08 bits per heavy atom. The maximum absolute atomic E-state index is 13.3. The van der Waals surface area contributed by atoms with Crippen LogP contribution in [0.2, 0.25) is 0 Å². The van der Waals surface area contributed by atoms with Gasteiger partial charge in [0, 0.05) is 12.1 Å². The van der Waals surface area contributed by atoms with Crippen LogP contribution in [0.1, 0.15) is 63.5 Å². The molecule has 24 heavy (non-hydrogen) atoms. The van der Waals surface area contributed by atoms with E-state index in [1.54, 1.807) is 0 Å². The summed E-state index contributed by atoms with van der Waals surface area (Å²) in [4.78, 5) is 13.3. The molecule has 0 aromatic heterocycles. The van der Waals surface area contributed by atoms with Crippen LogP contribution < -0.4 is 5.32 Å². The molecule has 0 spiro atoms. The number of amides is 1. The molecule has 1 aliphatic heterocycles. The van der Waals surface area contributed by atoms with Crippen molar-refractivity contribution >= 4 is 11.6 Å². The van der Waals surface area contributed by atoms with Crippen LogP contribution in [0.25, 0.3) is 0 Å². The zero-order valence-electron chi connectivity index (χ0n) is 16.0. The Morgan fingerprint density at radius 2 is 1.71 bits per heavy atom. The molecule has 134 valence electrons. The minimum absolute atomic E-state index is 0.0919. The van der Waals surface area contributed by atoms with Crippen molar-refractivity contribution in [3.05, 3.63) is 29.3 Å². The molecule has 0 aliphatic carbocycles. The molecule has 1 heterocycles. The maximum atomic E-state index is 13.3. The van der Waals surface area contributed by atoms with Crippen molar-refractivity contribution in [3.63, 3.8) is 0 Å². The van der Waals surface area contributed by atoms with Crippen LogP contribution >= 0.6 is 0 Å². The van der Waals surface area contributed by atoms with E-state index in [1.807, 2.05) is 0 Å². The van der Waals surface area contributed by atoms with Gasteiger partial charge in [0.2, 0.25) is 0 Å². The van der Waals surface area contributed by atoms with Gasteiger partial charge in [-0.25, -0.2) is 0 Å². The number of anilines is 1. The maximum Gasteiger partial charge on any atom is 0.282 e. The highest BCUT2D eigenvalue weighted by Crippen LogP contribution is 2.28. The summed E-state index contributed by atoms with van der Waals surface area (Å²) in [5.74, 6) is 0.226. The van der Waals surface area contributed by atoms with Crippen LogP contribution in [-0.2, 0) is 4.79 Å². The van der Waals surface area contributed by atoms with Crippen molar-refractivity contribution in [1.29, 1.82) is 0 Å². The zero-order valence-corrected chi connectivity index (χ0v) is 16.0. The number of hydrogen-bond donors (Lipinski definition) is 1. The SMILES string of the molecule is CCC[C@@H](C(=O)Nc1c(C)cccc1C)[N+]1(CCC)CCCCC1. The van der Waals surface area contributed by atoms with Crippen molar-refractivity contribution in [2.24, 2.45) is 0 Å². The van der Waals surface area contributed by atoms with Crippen LogP contribution in [0.4, 0.5) is 5.69 Å². The monoisotopic (exact) mass is 331 g/mol. The minimum atomic E-state index is 0.0919. The highest BCUT2D eigenvalue weighted by Gasteiger charge is 2.41. The smallest absolute Gasteiger partial charge is 0.282 e. The number of quaternary nitrogens is 1. The lowest BCUT2D eigenvalue weighted by atomic mass is 9.98. The molecule has 3 heteroatoms. The molecule has 1 fully saturated rings. The van der Waals surface area contributed by atoms with Gasteiger partial charge >= 0.3 is 0 Å². The second kappa shape index (κ2) is 8.66. The molecular formula is C21H35N2O+. The van der Waals surface area contributed by atoms with Gasteiger partial charge in [-0.05, 0) is 57.1 Å². The third kappa shape index (κ3) is 4.18. The summed E-state index contributed by atoms with van der Waals surface area (Å²) in [6.45, 7) is 12.1. The van der Waals surface area contributed by atoms with Crippen molar-refractivity contribution in [2.45, 2.75) is 72.3 Å². The lowest BCUT2D eigenvalue weighted by Crippen LogP contribution is -2.62. The topological polar surface area (TPSA) is 29.1 Å². The molecule has 1 amide bonds. The van der Waals surface area contributed by atoms with Gasteiger partial charge in [0.05, 0.1) is 19.6 Å². The summed E-state index contributed by atoms with van der Waals surface area (Å²) in [6, 6.07) is 6.30. The molecular weight excluding hydrogens is 296 g/mol. The van der Waals surface area contributed by atoms with E-state index in [9.17, 15) is 4.79 Å². The number of nitrogens with zero attached hydrogens (tertiary/aromatic N) is 1. The first-order chi connectivity index (χ1) is 11.5. The number of carbonyl (C=O) groups excluding carboxylic acids is 1. The molecule has 1 aliphatic rings. The average molecular weight is 332 g/mol. The third-order valence-electron chi connectivity index (χ3n) is 5.63. The molecule has 0 saturated carbocycles. The molecule has 1 aromatic carbocycles. The number of piperidine rings is 1. The van der Waals surface area contributed by atoms with E-state index in [0.29, 0.717) is 0 Å². The predicted molar refractivity (Wildman–Crippen MR) is 102 cm³/mol. The Morgan fingerprint density at radius 3 is 2.25 bits per heavy atom. The van der Waals surface area contributed by atoms with Crippen molar-refractivity contribution in [3.8, 4) is 0 Å². The molecule has 2 rings (SSSR count). The van der Waals surface area contributed by atoms with Crippen LogP contribution in [-0.4, -0.2) is 36.1 Å². The molecule has 1 N–H and O–H groups in total. The average Bonchev–Trinajstić information content (AvgIpc) is 2.57. The van der Waals surface area contributed by atoms with Gasteiger partial charge in [-0.2, -0.15) is 0 Å². The number of benzene rings is 1. The largest absolute Gasteiger partial charge is 0.320 e. The van der Waals surface area contributed by atoms with Gasteiger partial charge < -0.3 is 9.80 Å². The molecule has 1 atom stereocenters. The van der Waals surface area contributed by atoms with Gasteiger partial charge in [-0.3, -0.25) is 4.79 Å². The summed E-state index contributed by atoms with van der Waals surface area (Å²) >= 11 is 0. The first kappa shape index (κ1) is 19.0. The summed E-state index contributed by atoms with van der Waals surface area (Å²) in [7, 11) is 0. The fourth-order valence-electron chi connectivity index (χ4n) is 4.42. The number of carbonyl (C=O) groups is 1. The fraction of sp³-hybridized carbons (Fsp3) is 0.667. The molecule has 1 saturated heterocycles. The quantitative estimate of drug-likeness (QED) is 0.713. The Balaban J connectivity index is 2.26. The highest BCUT2D eigenvalue weighted by molar-refractivity contribution is 5.95. The summed E-state index contributed by atoms with van der Waals surface area (Å²) < 4.78 is 1.00. The Labute approximate surface area is 148 Å². The number of nitrogens with one attached hydrogen (secondary N) is 1. The van der Waals surface area contributed by atoms with Crippen molar-refractivity contribution < 1.29 is 9.28 Å². The normalized spacial score (nSPS) is 18.2. The van der Waals surface area contributed by atoms with E-state index in [0.717, 1.165) is 47.1 Å². The molecule has 0 radical (unpaired) electrons. The predicted octanol–water partition coefficient (Wildman–Crippen LogP) is 4.82. The first-order valence-electron chi connectivity index (χ1n) is 9.77. The molecule has 3 nitrogen and oxygen atoms in total. The molecule has 0 unspecified atom stereocenters. The summed E-state index contributed by atoms with van der Waals surface area (Å²) in [5, 5.41) is 3.29. The molecule has 0 bridgehead atoms. The van der Waals surface area contributed by atoms with Gasteiger partial charge in [0.25, 0.3) is 5.91 Å². The van der Waals surface area contributed by atoms with E-state index >= 15 is 0 Å². The van der Waals surface area contributed by atoms with Gasteiger partial charge in [-0.15, -0.1) is 0 Å². The van der Waals surface area contributed by atoms with Gasteiger partial charge in [0.15, 0.2) is 6.04 Å². The van der Waals surface area contributed by atoms with E-state index in [1.165, 1.54) is 32.4 Å². The molecule has 1 aromatic rings. The van der Waals surface area contributed by atoms with Crippen LogP contribution in [0.15, 0.2) is 18.2 Å². The number of hydrogen-bond acceptors (Lipinski definition) is 1. The Kier molecular flexibility index (Phi) is 6.85. The first-order valence-corrected chi connectivity index (χ1v) is 9.77. The Hall–Kier alpha value is -1.35.